The number of halogens is 1. The van der Waals surface area contributed by atoms with Gasteiger partial charge in [0.2, 0.25) is 5.91 Å². The molecule has 0 spiro atoms. The lowest BCUT2D eigenvalue weighted by molar-refractivity contribution is -0.137. The molecule has 0 unspecified atom stereocenters. The van der Waals surface area contributed by atoms with E-state index in [4.69, 9.17) is 5.73 Å². The Balaban J connectivity index is 0.00000243. The molecule has 7 heteroatoms. The van der Waals surface area contributed by atoms with E-state index in [1.54, 1.807) is 0 Å². The summed E-state index contributed by atoms with van der Waals surface area (Å²) in [4.78, 5) is 21.4. The zero-order chi connectivity index (χ0) is 17.5. The summed E-state index contributed by atoms with van der Waals surface area (Å²) < 4.78 is 0. The van der Waals surface area contributed by atoms with Crippen molar-refractivity contribution in [1.29, 1.82) is 0 Å². The maximum Gasteiger partial charge on any atom is 0.225 e. The molecule has 0 atom stereocenters. The van der Waals surface area contributed by atoms with Crippen molar-refractivity contribution in [3.63, 3.8) is 0 Å². The quantitative estimate of drug-likeness (QED) is 0.362. The molecule has 1 saturated heterocycles. The second-order valence-electron chi connectivity index (χ2n) is 7.89. The molecule has 26 heavy (non-hydrogen) atoms. The molecule has 150 valence electrons. The zero-order valence-electron chi connectivity index (χ0n) is 16.0. The smallest absolute Gasteiger partial charge is 0.225 e. The van der Waals surface area contributed by atoms with E-state index in [1.165, 1.54) is 44.9 Å². The van der Waals surface area contributed by atoms with Gasteiger partial charge >= 0.3 is 0 Å². The molecular formula is C19H36IN5O. The number of hydrogen-bond donors (Lipinski definition) is 2. The highest BCUT2D eigenvalue weighted by Gasteiger charge is 2.29. The molecule has 1 heterocycles. The standard InChI is InChI=1S/C19H35N5O.HI/c20-19(22-17-8-2-1-3-9-17)21-10-11-23-12-14-24(15-13-23)18(25)16-6-4-5-7-16;/h16-17H,1-15H2,(H3,20,21,22);1H. The van der Waals surface area contributed by atoms with Gasteiger partial charge in [-0.15, -0.1) is 24.0 Å². The van der Waals surface area contributed by atoms with Crippen molar-refractivity contribution in [3.8, 4) is 0 Å². The Kier molecular flexibility index (Phi) is 9.45. The van der Waals surface area contributed by atoms with Crippen molar-refractivity contribution in [2.75, 3.05) is 39.3 Å². The van der Waals surface area contributed by atoms with Crippen LogP contribution in [0.2, 0.25) is 0 Å². The molecular weight excluding hydrogens is 441 g/mol. The molecule has 6 nitrogen and oxygen atoms in total. The van der Waals surface area contributed by atoms with Gasteiger partial charge in [-0.2, -0.15) is 0 Å². The fourth-order valence-electron chi connectivity index (χ4n) is 4.44. The van der Waals surface area contributed by atoms with Crippen LogP contribution in [-0.4, -0.2) is 67.0 Å². The number of carbonyl (C=O) groups excluding carboxylic acids is 1. The van der Waals surface area contributed by atoms with Gasteiger partial charge < -0.3 is 16.0 Å². The molecule has 3 N–H and O–H groups in total. The summed E-state index contributed by atoms with van der Waals surface area (Å²) in [5.41, 5.74) is 6.02. The molecule has 0 radical (unpaired) electrons. The van der Waals surface area contributed by atoms with Crippen molar-refractivity contribution in [3.05, 3.63) is 0 Å². The van der Waals surface area contributed by atoms with Crippen molar-refractivity contribution >= 4 is 35.8 Å². The van der Waals surface area contributed by atoms with Gasteiger partial charge in [-0.25, -0.2) is 0 Å². The number of guanidine groups is 1. The van der Waals surface area contributed by atoms with Gasteiger partial charge in [0.15, 0.2) is 5.96 Å². The molecule has 3 rings (SSSR count). The predicted molar refractivity (Wildman–Crippen MR) is 117 cm³/mol. The molecule has 1 amide bonds. The van der Waals surface area contributed by atoms with E-state index in [2.05, 4.69) is 20.1 Å². The fourth-order valence-corrected chi connectivity index (χ4v) is 4.44. The van der Waals surface area contributed by atoms with E-state index < -0.39 is 0 Å². The van der Waals surface area contributed by atoms with E-state index in [0.29, 0.717) is 23.8 Å². The number of carbonyl (C=O) groups is 1. The maximum atomic E-state index is 12.5. The monoisotopic (exact) mass is 477 g/mol. The summed E-state index contributed by atoms with van der Waals surface area (Å²) in [5, 5.41) is 3.37. The first-order valence-electron chi connectivity index (χ1n) is 10.3. The highest BCUT2D eigenvalue weighted by Crippen LogP contribution is 2.26. The number of nitrogens with zero attached hydrogens (tertiary/aromatic N) is 3. The Labute approximate surface area is 175 Å². The van der Waals surface area contributed by atoms with Gasteiger partial charge in [0.25, 0.3) is 0 Å². The van der Waals surface area contributed by atoms with Crippen LogP contribution in [0.5, 0.6) is 0 Å². The minimum atomic E-state index is 0. The zero-order valence-corrected chi connectivity index (χ0v) is 18.3. The number of nitrogens with two attached hydrogens (primary N) is 1. The van der Waals surface area contributed by atoms with Crippen LogP contribution >= 0.6 is 24.0 Å². The maximum absolute atomic E-state index is 12.5. The van der Waals surface area contributed by atoms with E-state index in [1.807, 2.05) is 0 Å². The Morgan fingerprint density at radius 3 is 2.23 bits per heavy atom. The second-order valence-corrected chi connectivity index (χ2v) is 7.89. The van der Waals surface area contributed by atoms with Crippen LogP contribution in [-0.2, 0) is 4.79 Å². The summed E-state index contributed by atoms with van der Waals surface area (Å²) >= 11 is 0. The number of rotatable bonds is 5. The van der Waals surface area contributed by atoms with Crippen molar-refractivity contribution < 1.29 is 4.79 Å². The third kappa shape index (κ3) is 6.55. The third-order valence-corrected chi connectivity index (χ3v) is 6.04. The molecule has 1 aliphatic heterocycles. The van der Waals surface area contributed by atoms with Gasteiger partial charge in [-0.3, -0.25) is 14.7 Å². The number of aliphatic imine (C=N–C) groups is 1. The average molecular weight is 477 g/mol. The average Bonchev–Trinajstić information content (AvgIpc) is 3.17. The van der Waals surface area contributed by atoms with E-state index in [0.717, 1.165) is 52.1 Å². The Hall–Kier alpha value is -0.570. The molecule has 2 aliphatic carbocycles. The summed E-state index contributed by atoms with van der Waals surface area (Å²) in [6.45, 7) is 5.33. The van der Waals surface area contributed by atoms with Gasteiger partial charge in [-0.1, -0.05) is 32.1 Å². The van der Waals surface area contributed by atoms with Crippen LogP contribution in [0.3, 0.4) is 0 Å². The van der Waals surface area contributed by atoms with E-state index in [9.17, 15) is 4.79 Å². The Morgan fingerprint density at radius 2 is 1.58 bits per heavy atom. The van der Waals surface area contributed by atoms with Crippen molar-refractivity contribution in [1.82, 2.24) is 15.1 Å². The first-order valence-corrected chi connectivity index (χ1v) is 10.3. The van der Waals surface area contributed by atoms with Gasteiger partial charge in [0.05, 0.1) is 6.54 Å². The van der Waals surface area contributed by atoms with Gasteiger partial charge in [-0.05, 0) is 25.7 Å². The van der Waals surface area contributed by atoms with Crippen LogP contribution in [0.15, 0.2) is 4.99 Å². The summed E-state index contributed by atoms with van der Waals surface area (Å²) in [6.07, 6.45) is 11.0. The molecule has 0 aromatic rings. The van der Waals surface area contributed by atoms with Crippen molar-refractivity contribution in [2.45, 2.75) is 63.8 Å². The first kappa shape index (κ1) is 21.7. The van der Waals surface area contributed by atoms with E-state index in [-0.39, 0.29) is 24.0 Å². The van der Waals surface area contributed by atoms with Gasteiger partial charge in [0, 0.05) is 44.7 Å². The van der Waals surface area contributed by atoms with Crippen LogP contribution in [0.1, 0.15) is 57.8 Å². The lowest BCUT2D eigenvalue weighted by Crippen LogP contribution is -2.50. The molecule has 0 aromatic heterocycles. The number of hydrogen-bond acceptors (Lipinski definition) is 3. The molecule has 3 aliphatic rings. The molecule has 3 fully saturated rings. The van der Waals surface area contributed by atoms with Crippen molar-refractivity contribution in [2.24, 2.45) is 16.6 Å². The largest absolute Gasteiger partial charge is 0.370 e. The first-order chi connectivity index (χ1) is 12.2. The summed E-state index contributed by atoms with van der Waals surface area (Å²) in [6, 6.07) is 0.516. The Morgan fingerprint density at radius 1 is 0.962 bits per heavy atom. The normalized spacial score (nSPS) is 23.7. The van der Waals surface area contributed by atoms with Crippen LogP contribution in [0.25, 0.3) is 0 Å². The minimum Gasteiger partial charge on any atom is -0.370 e. The van der Waals surface area contributed by atoms with Crippen LogP contribution in [0, 0.1) is 5.92 Å². The summed E-state index contributed by atoms with van der Waals surface area (Å²) in [7, 11) is 0. The predicted octanol–water partition coefficient (Wildman–Crippen LogP) is 2.18. The highest BCUT2D eigenvalue weighted by atomic mass is 127. The SMILES string of the molecule is I.NC(=NCCN1CCN(C(=O)C2CCCC2)CC1)NC1CCCCC1. The third-order valence-electron chi connectivity index (χ3n) is 6.04. The lowest BCUT2D eigenvalue weighted by Gasteiger charge is -2.35. The van der Waals surface area contributed by atoms with Crippen LogP contribution in [0.4, 0.5) is 0 Å². The topological polar surface area (TPSA) is 74.0 Å². The van der Waals surface area contributed by atoms with Crippen LogP contribution < -0.4 is 11.1 Å². The highest BCUT2D eigenvalue weighted by molar-refractivity contribution is 14.0. The Bertz CT molecular complexity index is 453. The van der Waals surface area contributed by atoms with Gasteiger partial charge in [0.1, 0.15) is 0 Å². The fraction of sp³-hybridized carbons (Fsp3) is 0.895. The molecule has 0 aromatic carbocycles. The number of nitrogens with one attached hydrogen (secondary N) is 1. The second kappa shape index (κ2) is 11.3. The number of amides is 1. The molecule has 2 saturated carbocycles. The minimum absolute atomic E-state index is 0. The molecule has 0 bridgehead atoms. The lowest BCUT2D eigenvalue weighted by atomic mass is 9.96. The van der Waals surface area contributed by atoms with E-state index >= 15 is 0 Å². The summed E-state index contributed by atoms with van der Waals surface area (Å²) in [5.74, 6) is 1.31. The number of piperazine rings is 1.